The van der Waals surface area contributed by atoms with Crippen LogP contribution < -0.4 is 14.8 Å². The molecule has 1 unspecified atom stereocenters. The molecule has 2 heterocycles. The summed E-state index contributed by atoms with van der Waals surface area (Å²) >= 11 is 1.61. The Balaban J connectivity index is 1.35. The van der Waals surface area contributed by atoms with Gasteiger partial charge >= 0.3 is 6.03 Å². The second-order valence-electron chi connectivity index (χ2n) is 7.09. The van der Waals surface area contributed by atoms with Crippen LogP contribution in [-0.4, -0.2) is 41.7 Å². The molecule has 156 valence electrons. The van der Waals surface area contributed by atoms with E-state index >= 15 is 0 Å². The summed E-state index contributed by atoms with van der Waals surface area (Å²) in [5.74, 6) is 1.47. The lowest BCUT2D eigenvalue weighted by atomic mass is 10.2. The molecule has 0 fully saturated rings. The highest BCUT2D eigenvalue weighted by Crippen LogP contribution is 2.31. The SMILES string of the molecule is CCN(CC1COc2ccccc2O1)C(=O)NCc1sc(-c2ccccc2)nc1C. The van der Waals surface area contributed by atoms with E-state index in [9.17, 15) is 4.79 Å². The summed E-state index contributed by atoms with van der Waals surface area (Å²) in [7, 11) is 0. The van der Waals surface area contributed by atoms with E-state index in [0.717, 1.165) is 32.6 Å². The van der Waals surface area contributed by atoms with Crippen molar-refractivity contribution in [1.29, 1.82) is 0 Å². The predicted molar refractivity (Wildman–Crippen MR) is 118 cm³/mol. The van der Waals surface area contributed by atoms with Gasteiger partial charge in [-0.25, -0.2) is 9.78 Å². The first-order chi connectivity index (χ1) is 14.6. The molecule has 2 amide bonds. The molecule has 0 saturated carbocycles. The lowest BCUT2D eigenvalue weighted by Gasteiger charge is -2.30. The maximum Gasteiger partial charge on any atom is 0.317 e. The summed E-state index contributed by atoms with van der Waals surface area (Å²) in [6.07, 6.45) is -0.194. The Labute approximate surface area is 180 Å². The molecule has 1 aliphatic rings. The van der Waals surface area contributed by atoms with Crippen molar-refractivity contribution in [2.45, 2.75) is 26.5 Å². The molecule has 0 saturated heterocycles. The number of nitrogens with one attached hydrogen (secondary N) is 1. The normalized spacial score (nSPS) is 14.9. The van der Waals surface area contributed by atoms with Gasteiger partial charge in [-0.05, 0) is 26.0 Å². The van der Waals surface area contributed by atoms with Crippen LogP contribution in [0.3, 0.4) is 0 Å². The number of nitrogens with zero attached hydrogens (tertiary/aromatic N) is 2. The Morgan fingerprint density at radius 1 is 1.17 bits per heavy atom. The van der Waals surface area contributed by atoms with Crippen LogP contribution in [0.5, 0.6) is 11.5 Å². The number of carbonyl (C=O) groups excluding carboxylic acids is 1. The molecule has 0 spiro atoms. The molecule has 2 aromatic carbocycles. The molecule has 1 aliphatic heterocycles. The largest absolute Gasteiger partial charge is 0.486 e. The molecule has 0 aliphatic carbocycles. The lowest BCUT2D eigenvalue weighted by Crippen LogP contribution is -2.47. The van der Waals surface area contributed by atoms with E-state index in [1.165, 1.54) is 0 Å². The van der Waals surface area contributed by atoms with Crippen LogP contribution in [0.25, 0.3) is 10.6 Å². The third-order valence-electron chi connectivity index (χ3n) is 4.97. The molecule has 0 radical (unpaired) electrons. The summed E-state index contributed by atoms with van der Waals surface area (Å²) in [5, 5.41) is 3.99. The molecule has 1 aromatic heterocycles. The minimum Gasteiger partial charge on any atom is -0.486 e. The van der Waals surface area contributed by atoms with Crippen LogP contribution in [0.2, 0.25) is 0 Å². The highest BCUT2D eigenvalue weighted by molar-refractivity contribution is 7.15. The van der Waals surface area contributed by atoms with Crippen molar-refractivity contribution in [3.63, 3.8) is 0 Å². The zero-order valence-electron chi connectivity index (χ0n) is 17.1. The number of urea groups is 1. The van der Waals surface area contributed by atoms with Gasteiger partial charge in [0.25, 0.3) is 0 Å². The predicted octanol–water partition coefficient (Wildman–Crippen LogP) is 4.49. The van der Waals surface area contributed by atoms with E-state index in [0.29, 0.717) is 26.2 Å². The van der Waals surface area contributed by atoms with Gasteiger partial charge < -0.3 is 19.7 Å². The standard InChI is InChI=1S/C23H25N3O3S/c1-3-26(14-18-15-28-19-11-7-8-12-20(19)29-18)23(27)24-13-21-16(2)25-22(30-21)17-9-5-4-6-10-17/h4-12,18H,3,13-15H2,1-2H3,(H,24,27). The summed E-state index contributed by atoms with van der Waals surface area (Å²) in [6, 6.07) is 17.6. The van der Waals surface area contributed by atoms with Crippen molar-refractivity contribution in [1.82, 2.24) is 15.2 Å². The molecule has 3 aromatic rings. The lowest BCUT2D eigenvalue weighted by molar-refractivity contribution is 0.0675. The number of hydrogen-bond acceptors (Lipinski definition) is 5. The molecule has 6 nitrogen and oxygen atoms in total. The van der Waals surface area contributed by atoms with Gasteiger partial charge in [-0.3, -0.25) is 0 Å². The number of rotatable bonds is 6. The number of ether oxygens (including phenoxy) is 2. The summed E-state index contributed by atoms with van der Waals surface area (Å²) in [4.78, 5) is 20.2. The third-order valence-corrected chi connectivity index (χ3v) is 6.18. The van der Waals surface area contributed by atoms with Crippen LogP contribution in [0.15, 0.2) is 54.6 Å². The van der Waals surface area contributed by atoms with Crippen molar-refractivity contribution in [3.8, 4) is 22.1 Å². The molecular weight excluding hydrogens is 398 g/mol. The second-order valence-corrected chi connectivity index (χ2v) is 8.17. The number of benzene rings is 2. The van der Waals surface area contributed by atoms with E-state index in [4.69, 9.17) is 9.47 Å². The number of para-hydroxylation sites is 2. The van der Waals surface area contributed by atoms with Gasteiger partial charge in [-0.1, -0.05) is 42.5 Å². The van der Waals surface area contributed by atoms with E-state index in [2.05, 4.69) is 10.3 Å². The Morgan fingerprint density at radius 2 is 1.90 bits per heavy atom. The molecule has 4 rings (SSSR count). The highest BCUT2D eigenvalue weighted by Gasteiger charge is 2.25. The first-order valence-corrected chi connectivity index (χ1v) is 10.9. The number of likely N-dealkylation sites (N-methyl/N-ethyl adjacent to an activating group) is 1. The average Bonchev–Trinajstić information content (AvgIpc) is 3.16. The number of thiazole rings is 1. The second kappa shape index (κ2) is 9.17. The Bertz CT molecular complexity index is 1010. The maximum atomic E-state index is 12.8. The van der Waals surface area contributed by atoms with E-state index in [-0.39, 0.29) is 12.1 Å². The smallest absolute Gasteiger partial charge is 0.317 e. The van der Waals surface area contributed by atoms with Gasteiger partial charge in [0, 0.05) is 17.0 Å². The quantitative estimate of drug-likeness (QED) is 0.635. The Morgan fingerprint density at radius 3 is 2.67 bits per heavy atom. The Kier molecular flexibility index (Phi) is 6.18. The number of aromatic nitrogens is 1. The minimum absolute atomic E-state index is 0.117. The van der Waals surface area contributed by atoms with Crippen molar-refractivity contribution < 1.29 is 14.3 Å². The fraction of sp³-hybridized carbons (Fsp3) is 0.304. The van der Waals surface area contributed by atoms with Crippen molar-refractivity contribution in [2.24, 2.45) is 0 Å². The fourth-order valence-corrected chi connectivity index (χ4v) is 4.33. The average molecular weight is 424 g/mol. The topological polar surface area (TPSA) is 63.7 Å². The molecule has 30 heavy (non-hydrogen) atoms. The number of fused-ring (bicyclic) bond motifs is 1. The molecule has 1 N–H and O–H groups in total. The number of aryl methyl sites for hydroxylation is 1. The minimum atomic E-state index is -0.194. The van der Waals surface area contributed by atoms with Gasteiger partial charge in [0.05, 0.1) is 18.8 Å². The van der Waals surface area contributed by atoms with Crippen LogP contribution in [0.1, 0.15) is 17.5 Å². The van der Waals surface area contributed by atoms with E-state index in [1.807, 2.05) is 68.4 Å². The molecule has 7 heteroatoms. The van der Waals surface area contributed by atoms with Gasteiger partial charge in [-0.2, -0.15) is 0 Å². The fourth-order valence-electron chi connectivity index (χ4n) is 3.32. The van der Waals surface area contributed by atoms with E-state index in [1.54, 1.807) is 16.2 Å². The van der Waals surface area contributed by atoms with Crippen LogP contribution >= 0.6 is 11.3 Å². The van der Waals surface area contributed by atoms with Crippen molar-refractivity contribution in [2.75, 3.05) is 19.7 Å². The molecule has 1 atom stereocenters. The first kappa shape index (κ1) is 20.2. The highest BCUT2D eigenvalue weighted by atomic mass is 32.1. The van der Waals surface area contributed by atoms with Gasteiger partial charge in [-0.15, -0.1) is 11.3 Å². The van der Waals surface area contributed by atoms with Crippen LogP contribution in [0.4, 0.5) is 4.79 Å². The zero-order valence-corrected chi connectivity index (χ0v) is 17.9. The number of carbonyl (C=O) groups is 1. The first-order valence-electron chi connectivity index (χ1n) is 10.1. The van der Waals surface area contributed by atoms with Crippen molar-refractivity contribution in [3.05, 3.63) is 65.2 Å². The van der Waals surface area contributed by atoms with Gasteiger partial charge in [0.15, 0.2) is 17.6 Å². The van der Waals surface area contributed by atoms with E-state index < -0.39 is 0 Å². The van der Waals surface area contributed by atoms with Gasteiger partial charge in [0.2, 0.25) is 0 Å². The Hall–Kier alpha value is -3.06. The number of hydrogen-bond donors (Lipinski definition) is 1. The maximum absolute atomic E-state index is 12.8. The van der Waals surface area contributed by atoms with Crippen LogP contribution in [0, 0.1) is 6.92 Å². The van der Waals surface area contributed by atoms with Gasteiger partial charge in [0.1, 0.15) is 11.6 Å². The summed E-state index contributed by atoms with van der Waals surface area (Å²) in [5.41, 5.74) is 2.04. The summed E-state index contributed by atoms with van der Waals surface area (Å²) in [6.45, 7) is 5.87. The summed E-state index contributed by atoms with van der Waals surface area (Å²) < 4.78 is 11.8. The third kappa shape index (κ3) is 4.57. The zero-order chi connectivity index (χ0) is 20.9. The molecular formula is C23H25N3O3S. The van der Waals surface area contributed by atoms with Crippen molar-refractivity contribution >= 4 is 17.4 Å². The van der Waals surface area contributed by atoms with Crippen LogP contribution in [-0.2, 0) is 6.54 Å². The molecule has 0 bridgehead atoms. The monoisotopic (exact) mass is 423 g/mol. The number of amides is 2.